The van der Waals surface area contributed by atoms with Crippen molar-refractivity contribution in [3.63, 3.8) is 0 Å². The number of benzene rings is 7. The minimum Gasteiger partial charge on any atom is -0.507 e. The van der Waals surface area contributed by atoms with Gasteiger partial charge in [0.1, 0.15) is 5.75 Å². The summed E-state index contributed by atoms with van der Waals surface area (Å²) in [7, 11) is 0. The number of thiophene rings is 1. The van der Waals surface area contributed by atoms with Gasteiger partial charge in [-0.15, -0.1) is 11.3 Å². The molecular weight excluding hydrogens is 795 g/mol. The van der Waals surface area contributed by atoms with Crippen LogP contribution in [0.2, 0.25) is 0 Å². The largest absolute Gasteiger partial charge is 0.507 e. The Morgan fingerprint density at radius 1 is 0.492 bits per heavy atom. The molecule has 63 heavy (non-hydrogen) atoms. The van der Waals surface area contributed by atoms with E-state index in [9.17, 15) is 15.3 Å². The summed E-state index contributed by atoms with van der Waals surface area (Å²) < 4.78 is 2.39. The van der Waals surface area contributed by atoms with E-state index in [1.807, 2.05) is 42.5 Å². The normalized spacial score (nSPS) is 12.7. The first-order chi connectivity index (χ1) is 30.7. The number of hydrogen-bond donors (Lipinski definition) is 3. The molecule has 7 heteroatoms. The van der Waals surface area contributed by atoms with Gasteiger partial charge in [-0.05, 0) is 102 Å². The molecule has 0 spiro atoms. The molecule has 0 saturated heterocycles. The molecule has 1 aliphatic carbocycles. The van der Waals surface area contributed by atoms with E-state index >= 15 is 0 Å². The fraction of sp³-hybridized carbons (Fsp3) is 0.0893. The van der Waals surface area contributed by atoms with Crippen molar-refractivity contribution in [2.45, 2.75) is 33.6 Å². The summed E-state index contributed by atoms with van der Waals surface area (Å²) in [4.78, 5) is 15.4. The highest BCUT2D eigenvalue weighted by Crippen LogP contribution is 2.47. The highest BCUT2D eigenvalue weighted by molar-refractivity contribution is 7.26. The highest BCUT2D eigenvalue weighted by atomic mass is 32.1. The topological polar surface area (TPSA) is 99.4 Å². The molecule has 0 fully saturated rings. The Labute approximate surface area is 370 Å². The lowest BCUT2D eigenvalue weighted by atomic mass is 9.86. The number of phenolic OH excluding ortho intramolecular Hbond substituents is 3. The smallest absolute Gasteiger partial charge is 0.165 e. The summed E-state index contributed by atoms with van der Waals surface area (Å²) in [6, 6.07) is 46.5. The minimum absolute atomic E-state index is 0.00881. The summed E-state index contributed by atoms with van der Waals surface area (Å²) in [5.74, 6) is 1.44. The van der Waals surface area contributed by atoms with Crippen molar-refractivity contribution >= 4 is 48.7 Å². The van der Waals surface area contributed by atoms with Crippen LogP contribution in [0.25, 0.3) is 93.8 Å². The quantitative estimate of drug-likeness (QED) is 0.104. The van der Waals surface area contributed by atoms with Gasteiger partial charge in [0.15, 0.2) is 29.0 Å². The number of rotatable bonds is 8. The first kappa shape index (κ1) is 39.5. The minimum atomic E-state index is -0.276. The van der Waals surface area contributed by atoms with Gasteiger partial charge in [-0.3, -0.25) is 0 Å². The van der Waals surface area contributed by atoms with Crippen LogP contribution >= 0.6 is 11.3 Å². The lowest BCUT2D eigenvalue weighted by molar-refractivity contribution is 0.389. The first-order valence-corrected chi connectivity index (χ1v) is 21.8. The van der Waals surface area contributed by atoms with Gasteiger partial charge in [-0.1, -0.05) is 140 Å². The number of fused-ring (bicyclic) bond motifs is 3. The maximum Gasteiger partial charge on any atom is 0.165 e. The van der Waals surface area contributed by atoms with Crippen molar-refractivity contribution in [3.8, 4) is 73.7 Å². The van der Waals surface area contributed by atoms with Crippen molar-refractivity contribution in [3.05, 3.63) is 186 Å². The average Bonchev–Trinajstić information content (AvgIpc) is 3.72. The predicted molar refractivity (Wildman–Crippen MR) is 261 cm³/mol. The van der Waals surface area contributed by atoms with Gasteiger partial charge in [0, 0.05) is 53.6 Å². The third-order valence-electron chi connectivity index (χ3n) is 12.4. The monoisotopic (exact) mass is 837 g/mol. The first-order valence-electron chi connectivity index (χ1n) is 21.0. The Balaban J connectivity index is 0.978. The van der Waals surface area contributed by atoms with Crippen LogP contribution in [0.15, 0.2) is 152 Å². The second-order valence-electron chi connectivity index (χ2n) is 16.1. The number of allylic oxidation sites excluding steroid dienone is 4. The van der Waals surface area contributed by atoms with Crippen molar-refractivity contribution in [1.82, 2.24) is 15.0 Å². The van der Waals surface area contributed by atoms with Crippen LogP contribution in [-0.4, -0.2) is 30.3 Å². The molecule has 306 valence electrons. The Hall–Kier alpha value is -7.61. The van der Waals surface area contributed by atoms with Gasteiger partial charge in [-0.25, -0.2) is 15.0 Å². The molecule has 6 nitrogen and oxygen atoms in total. The summed E-state index contributed by atoms with van der Waals surface area (Å²) in [6.07, 6.45) is 7.48. The lowest BCUT2D eigenvalue weighted by Crippen LogP contribution is -2.02. The zero-order valence-corrected chi connectivity index (χ0v) is 36.0. The Kier molecular flexibility index (Phi) is 10.0. The summed E-state index contributed by atoms with van der Waals surface area (Å²) >= 11 is 1.77. The Morgan fingerprint density at radius 2 is 1.10 bits per heavy atom. The molecule has 3 N–H and O–H groups in total. The Bertz CT molecular complexity index is 3330. The number of hydrogen-bond acceptors (Lipinski definition) is 7. The molecule has 0 amide bonds. The van der Waals surface area contributed by atoms with Crippen LogP contribution in [-0.2, 0) is 0 Å². The number of phenols is 3. The van der Waals surface area contributed by atoms with E-state index in [1.54, 1.807) is 25.2 Å². The molecule has 0 aliphatic heterocycles. The van der Waals surface area contributed by atoms with Crippen molar-refractivity contribution in [1.29, 1.82) is 0 Å². The average molecular weight is 838 g/mol. The molecule has 0 atom stereocenters. The summed E-state index contributed by atoms with van der Waals surface area (Å²) in [5.41, 5.74) is 13.9. The fourth-order valence-electron chi connectivity index (χ4n) is 8.89. The highest BCUT2D eigenvalue weighted by Gasteiger charge is 2.23. The molecule has 7 aromatic carbocycles. The zero-order valence-electron chi connectivity index (χ0n) is 35.1. The van der Waals surface area contributed by atoms with Gasteiger partial charge in [0.05, 0.1) is 0 Å². The second kappa shape index (κ2) is 16.0. The summed E-state index contributed by atoms with van der Waals surface area (Å²) in [5, 5.41) is 33.9. The van der Waals surface area contributed by atoms with Gasteiger partial charge in [0.2, 0.25) is 0 Å². The van der Waals surface area contributed by atoms with Crippen LogP contribution in [0.1, 0.15) is 46.2 Å². The van der Waals surface area contributed by atoms with Crippen LogP contribution in [0.4, 0.5) is 0 Å². The SMILES string of the molecule is C=Cc1cc(-c2ccc(C3=CC=C(c4c(C)c(O)c(O)c(C)c4O)CC3)cc2)ccc1-c1cccc(-c2nc(-c3ccccc3)nc(-c3cccc4c3sc3ccccc34)n2)c1C. The molecule has 9 aromatic rings. The number of nitrogens with zero attached hydrogens (tertiary/aromatic N) is 3. The van der Waals surface area contributed by atoms with Crippen LogP contribution in [0.5, 0.6) is 17.2 Å². The van der Waals surface area contributed by atoms with Crippen molar-refractivity contribution in [2.75, 3.05) is 0 Å². The van der Waals surface area contributed by atoms with E-state index in [0.717, 1.165) is 72.3 Å². The van der Waals surface area contributed by atoms with Crippen LogP contribution in [0.3, 0.4) is 0 Å². The molecule has 0 unspecified atom stereocenters. The van der Waals surface area contributed by atoms with Gasteiger partial charge >= 0.3 is 0 Å². The molecular formula is C56H43N3O3S. The van der Waals surface area contributed by atoms with Gasteiger partial charge < -0.3 is 15.3 Å². The molecule has 1 aliphatic rings. The Morgan fingerprint density at radius 3 is 1.86 bits per heavy atom. The summed E-state index contributed by atoms with van der Waals surface area (Å²) in [6.45, 7) is 9.69. The van der Waals surface area contributed by atoms with Crippen LogP contribution in [0, 0.1) is 20.8 Å². The molecule has 10 rings (SSSR count). The van der Waals surface area contributed by atoms with E-state index in [4.69, 9.17) is 15.0 Å². The molecule has 2 heterocycles. The standard InChI is InChI=1S/C56H43N3O3S/c1-5-35-31-41(38-23-21-36(22-24-38)37-25-27-39(28-26-37)49-33(3)51(61)52(62)34(4)50(49)60)29-30-44(35)42-16-11-17-43(32(42)2)55-57-54(40-13-7-6-8-14-40)58-56(59-55)47-19-12-18-46-45-15-9-10-20-48(45)63-53(46)47/h5-25,27,29-31,60-62H,1,26,28H2,2-4H3. The van der Waals surface area contributed by atoms with Crippen molar-refractivity contribution in [2.24, 2.45) is 0 Å². The fourth-order valence-corrected chi connectivity index (χ4v) is 10.1. The molecule has 2 aromatic heterocycles. The number of aromatic nitrogens is 3. The van der Waals surface area contributed by atoms with E-state index in [0.29, 0.717) is 35.0 Å². The maximum atomic E-state index is 10.8. The maximum absolute atomic E-state index is 10.8. The van der Waals surface area contributed by atoms with Gasteiger partial charge in [-0.2, -0.15) is 0 Å². The third-order valence-corrected chi connectivity index (χ3v) is 13.6. The van der Waals surface area contributed by atoms with Crippen LogP contribution < -0.4 is 0 Å². The van der Waals surface area contributed by atoms with E-state index in [-0.39, 0.29) is 22.8 Å². The van der Waals surface area contributed by atoms with E-state index in [1.165, 1.54) is 21.0 Å². The molecule has 0 radical (unpaired) electrons. The predicted octanol–water partition coefficient (Wildman–Crippen LogP) is 14.5. The van der Waals surface area contributed by atoms with Crippen molar-refractivity contribution < 1.29 is 15.3 Å². The number of aromatic hydroxyl groups is 3. The van der Waals surface area contributed by atoms with E-state index < -0.39 is 0 Å². The van der Waals surface area contributed by atoms with E-state index in [2.05, 4.69) is 123 Å². The third kappa shape index (κ3) is 6.97. The molecule has 0 saturated carbocycles. The molecule has 0 bridgehead atoms. The second-order valence-corrected chi connectivity index (χ2v) is 17.1. The zero-order chi connectivity index (χ0) is 43.4. The van der Waals surface area contributed by atoms with Gasteiger partial charge in [0.25, 0.3) is 0 Å². The lowest BCUT2D eigenvalue weighted by Gasteiger charge is -2.20.